The maximum Gasteiger partial charge on any atom is 0.253 e. The minimum absolute atomic E-state index is 0.0459. The quantitative estimate of drug-likeness (QED) is 0.400. The van der Waals surface area contributed by atoms with Crippen molar-refractivity contribution in [2.24, 2.45) is 9.98 Å². The molecule has 2 aliphatic rings. The predicted molar refractivity (Wildman–Crippen MR) is 148 cm³/mol. The molecule has 0 bridgehead atoms. The molecule has 2 N–H and O–H groups in total. The molecule has 9 heteroatoms. The number of carbonyl (C=O) groups is 1. The van der Waals surface area contributed by atoms with Gasteiger partial charge in [0.15, 0.2) is 17.4 Å². The zero-order valence-electron chi connectivity index (χ0n) is 21.7. The average Bonchev–Trinajstić information content (AvgIpc) is 3.56. The minimum Gasteiger partial charge on any atom is -0.494 e. The molecular formula is C30H28N4O5. The topological polar surface area (TPSA) is 109 Å². The summed E-state index contributed by atoms with van der Waals surface area (Å²) in [6.45, 7) is 1.15. The van der Waals surface area contributed by atoms with Gasteiger partial charge in [0, 0.05) is 37.1 Å². The van der Waals surface area contributed by atoms with Crippen molar-refractivity contribution < 1.29 is 24.1 Å². The number of benzene rings is 3. The van der Waals surface area contributed by atoms with Gasteiger partial charge in [-0.2, -0.15) is 0 Å². The van der Waals surface area contributed by atoms with Crippen LogP contribution in [-0.2, 0) is 0 Å². The van der Waals surface area contributed by atoms with Crippen molar-refractivity contribution in [3.8, 4) is 23.1 Å². The maximum absolute atomic E-state index is 13.1. The lowest BCUT2D eigenvalue weighted by Gasteiger charge is -2.32. The number of ether oxygens (including phenoxy) is 3. The zero-order chi connectivity index (χ0) is 26.9. The molecule has 1 fully saturated rings. The summed E-state index contributed by atoms with van der Waals surface area (Å²) in [4.78, 5) is 26.5. The number of piperidine rings is 1. The number of rotatable bonds is 6. The van der Waals surface area contributed by atoms with Crippen LogP contribution in [-0.4, -0.2) is 60.6 Å². The first-order chi connectivity index (χ1) is 19.0. The number of aromatic hydroxyl groups is 1. The van der Waals surface area contributed by atoms with Crippen molar-refractivity contribution in [2.45, 2.75) is 18.9 Å². The van der Waals surface area contributed by atoms with Crippen LogP contribution >= 0.6 is 0 Å². The maximum atomic E-state index is 13.1. The van der Waals surface area contributed by atoms with Crippen molar-refractivity contribution in [1.82, 2.24) is 9.88 Å². The van der Waals surface area contributed by atoms with Crippen LogP contribution < -0.4 is 24.8 Å². The Kier molecular flexibility index (Phi) is 6.40. The Morgan fingerprint density at radius 2 is 1.85 bits per heavy atom. The zero-order valence-corrected chi connectivity index (χ0v) is 21.7. The molecule has 2 aliphatic heterocycles. The normalized spacial score (nSPS) is 15.3. The van der Waals surface area contributed by atoms with Crippen molar-refractivity contribution >= 4 is 34.9 Å². The van der Waals surface area contributed by atoms with Crippen LogP contribution in [0.25, 0.3) is 17.0 Å². The third-order valence-electron chi connectivity index (χ3n) is 7.16. The number of aliphatic imine (C=N–C) groups is 1. The largest absolute Gasteiger partial charge is 0.494 e. The fourth-order valence-corrected chi connectivity index (χ4v) is 5.14. The number of aromatic amines is 1. The lowest BCUT2D eigenvalue weighted by Crippen LogP contribution is -2.41. The second kappa shape index (κ2) is 10.2. The van der Waals surface area contributed by atoms with Crippen LogP contribution in [0, 0.1) is 0 Å². The Morgan fingerprint density at radius 1 is 1.03 bits per heavy atom. The summed E-state index contributed by atoms with van der Waals surface area (Å²) in [5.41, 5.74) is 2.80. The Bertz CT molecular complexity index is 1720. The summed E-state index contributed by atoms with van der Waals surface area (Å²) in [5.74, 6) is 1.83. The lowest BCUT2D eigenvalue weighted by atomic mass is 10.1. The Labute approximate surface area is 224 Å². The minimum atomic E-state index is -0.0640. The molecule has 0 aliphatic carbocycles. The van der Waals surface area contributed by atoms with E-state index < -0.39 is 0 Å². The van der Waals surface area contributed by atoms with Gasteiger partial charge in [-0.15, -0.1) is 0 Å². The van der Waals surface area contributed by atoms with E-state index >= 15 is 0 Å². The molecule has 0 spiro atoms. The van der Waals surface area contributed by atoms with Gasteiger partial charge in [0.25, 0.3) is 5.91 Å². The highest BCUT2D eigenvalue weighted by Gasteiger charge is 2.26. The van der Waals surface area contributed by atoms with Gasteiger partial charge in [-0.25, -0.2) is 9.98 Å². The van der Waals surface area contributed by atoms with Crippen LogP contribution in [0.3, 0.4) is 0 Å². The van der Waals surface area contributed by atoms with E-state index in [1.54, 1.807) is 32.4 Å². The van der Waals surface area contributed by atoms with Gasteiger partial charge < -0.3 is 29.2 Å². The Balaban J connectivity index is 1.20. The number of hydrogen-bond acceptors (Lipinski definition) is 7. The fraction of sp³-hybridized carbons (Fsp3) is 0.233. The van der Waals surface area contributed by atoms with Gasteiger partial charge in [0.1, 0.15) is 18.2 Å². The van der Waals surface area contributed by atoms with Gasteiger partial charge in [-0.1, -0.05) is 12.1 Å². The van der Waals surface area contributed by atoms with Crippen molar-refractivity contribution in [1.29, 1.82) is 0 Å². The lowest BCUT2D eigenvalue weighted by molar-refractivity contribution is 0.0597. The number of aromatic nitrogens is 1. The molecule has 198 valence electrons. The van der Waals surface area contributed by atoms with E-state index in [2.05, 4.69) is 15.0 Å². The third kappa shape index (κ3) is 4.67. The SMILES string of the molecule is COc1ccc(C(=O)N2CCC(Oc3cccc4[nH]c(O)c(/C=c5\ccc6c(c5)N=CN=6)c34)CC2)cc1OC. The summed E-state index contributed by atoms with van der Waals surface area (Å²) >= 11 is 0. The number of methoxy groups -OCH3 is 2. The first kappa shape index (κ1) is 24.5. The molecule has 3 heterocycles. The fourth-order valence-electron chi connectivity index (χ4n) is 5.14. The molecule has 0 unspecified atom stereocenters. The van der Waals surface area contributed by atoms with E-state index in [-0.39, 0.29) is 17.9 Å². The molecule has 9 nitrogen and oxygen atoms in total. The van der Waals surface area contributed by atoms with E-state index in [0.29, 0.717) is 54.3 Å². The number of H-pyrrole nitrogens is 1. The summed E-state index contributed by atoms with van der Waals surface area (Å²) in [6, 6.07) is 16.7. The van der Waals surface area contributed by atoms with E-state index in [4.69, 9.17) is 14.2 Å². The van der Waals surface area contributed by atoms with E-state index in [1.165, 1.54) is 6.34 Å². The van der Waals surface area contributed by atoms with Gasteiger partial charge in [0.2, 0.25) is 0 Å². The van der Waals surface area contributed by atoms with Crippen LogP contribution in [0.5, 0.6) is 23.1 Å². The van der Waals surface area contributed by atoms with Crippen LogP contribution in [0.2, 0.25) is 0 Å². The van der Waals surface area contributed by atoms with Crippen molar-refractivity contribution in [3.05, 3.63) is 76.3 Å². The Hall–Kier alpha value is -4.79. The third-order valence-corrected chi connectivity index (χ3v) is 7.16. The molecule has 1 aromatic heterocycles. The molecule has 0 saturated carbocycles. The number of amides is 1. The number of fused-ring (bicyclic) bond motifs is 2. The number of likely N-dealkylation sites (tertiary alicyclic amines) is 1. The smallest absolute Gasteiger partial charge is 0.253 e. The number of nitrogens with one attached hydrogen (secondary N) is 1. The molecule has 39 heavy (non-hydrogen) atoms. The number of nitrogens with zero attached hydrogens (tertiary/aromatic N) is 3. The summed E-state index contributed by atoms with van der Waals surface area (Å²) in [5, 5.41) is 13.3. The highest BCUT2D eigenvalue weighted by molar-refractivity contribution is 5.97. The average molecular weight is 525 g/mol. The van der Waals surface area contributed by atoms with Gasteiger partial charge in [-0.05, 0) is 53.8 Å². The first-order valence-electron chi connectivity index (χ1n) is 12.8. The van der Waals surface area contributed by atoms with Crippen LogP contribution in [0.1, 0.15) is 28.8 Å². The second-order valence-electron chi connectivity index (χ2n) is 9.51. The van der Waals surface area contributed by atoms with E-state index in [9.17, 15) is 9.90 Å². The standard InChI is InChI=1S/C30H28N4O5/c1-37-25-9-7-19(16-27(25)38-2)30(36)34-12-10-20(11-13-34)39-26-5-3-4-23-28(26)21(29(35)33-23)14-18-6-8-22-24(15-18)32-17-31-22/h3-9,14-17,20,33,35H,10-13H2,1-2H3/b18-14+. The molecule has 3 aromatic carbocycles. The number of hydrogen-bond donors (Lipinski definition) is 2. The van der Waals surface area contributed by atoms with E-state index in [1.807, 2.05) is 47.4 Å². The molecule has 0 radical (unpaired) electrons. The predicted octanol–water partition coefficient (Wildman–Crippen LogP) is 3.70. The highest BCUT2D eigenvalue weighted by Crippen LogP contribution is 2.36. The number of carbonyl (C=O) groups excluding carboxylic acids is 1. The first-order valence-corrected chi connectivity index (χ1v) is 12.8. The molecule has 1 saturated heterocycles. The second-order valence-corrected chi connectivity index (χ2v) is 9.51. The van der Waals surface area contributed by atoms with E-state index in [0.717, 1.165) is 27.2 Å². The van der Waals surface area contributed by atoms with Crippen LogP contribution in [0.4, 0.5) is 5.69 Å². The monoisotopic (exact) mass is 524 g/mol. The van der Waals surface area contributed by atoms with Crippen molar-refractivity contribution in [3.63, 3.8) is 0 Å². The van der Waals surface area contributed by atoms with Crippen molar-refractivity contribution in [2.75, 3.05) is 27.3 Å². The van der Waals surface area contributed by atoms with Gasteiger partial charge in [0.05, 0.1) is 36.2 Å². The highest BCUT2D eigenvalue weighted by atomic mass is 16.5. The molecule has 1 amide bonds. The van der Waals surface area contributed by atoms with Gasteiger partial charge in [-0.3, -0.25) is 4.79 Å². The Morgan fingerprint density at radius 3 is 2.64 bits per heavy atom. The summed E-state index contributed by atoms with van der Waals surface area (Å²) in [7, 11) is 3.12. The van der Waals surface area contributed by atoms with Crippen LogP contribution in [0.15, 0.2) is 64.6 Å². The molecule has 6 rings (SSSR count). The molecular weight excluding hydrogens is 496 g/mol. The molecule has 0 atom stereocenters. The molecule has 4 aromatic rings. The summed E-state index contributed by atoms with van der Waals surface area (Å²) in [6.07, 6.45) is 4.77. The summed E-state index contributed by atoms with van der Waals surface area (Å²) < 4.78 is 17.1. The van der Waals surface area contributed by atoms with Gasteiger partial charge >= 0.3 is 0 Å².